The molecule has 0 bridgehead atoms. The molecule has 0 unspecified atom stereocenters. The molecule has 10 nitrogen and oxygen atoms in total. The smallest absolute Gasteiger partial charge is 0.183 e. The van der Waals surface area contributed by atoms with Crippen LogP contribution < -0.4 is 16.6 Å². The van der Waals surface area contributed by atoms with Crippen LogP contribution >= 0.6 is 0 Å². The SMILES string of the molecule is Cn1cc(-c2cnc(NN)c(NCc3cn4ccnc4cn3)n2)cn1. The third-order valence-electron chi connectivity index (χ3n) is 3.68. The first kappa shape index (κ1) is 15.0. The van der Waals surface area contributed by atoms with Gasteiger partial charge >= 0.3 is 0 Å². The van der Waals surface area contributed by atoms with Crippen molar-refractivity contribution in [2.24, 2.45) is 12.9 Å². The first-order chi connectivity index (χ1) is 12.2. The van der Waals surface area contributed by atoms with Gasteiger partial charge in [0.05, 0.1) is 36.5 Å². The second-order valence-electron chi connectivity index (χ2n) is 5.42. The van der Waals surface area contributed by atoms with Crippen molar-refractivity contribution in [3.8, 4) is 11.3 Å². The highest BCUT2D eigenvalue weighted by Crippen LogP contribution is 2.22. The third-order valence-corrected chi connectivity index (χ3v) is 3.68. The van der Waals surface area contributed by atoms with E-state index in [0.29, 0.717) is 23.9 Å². The summed E-state index contributed by atoms with van der Waals surface area (Å²) in [6.07, 6.45) is 12.5. The minimum Gasteiger partial charge on any atom is -0.361 e. The molecule has 0 saturated carbocycles. The molecule has 10 heteroatoms. The van der Waals surface area contributed by atoms with Crippen LogP contribution in [0.5, 0.6) is 0 Å². The van der Waals surface area contributed by atoms with E-state index in [2.05, 4.69) is 35.8 Å². The predicted molar refractivity (Wildman–Crippen MR) is 92.4 cm³/mol. The molecule has 0 aliphatic heterocycles. The highest BCUT2D eigenvalue weighted by Gasteiger charge is 2.10. The molecule has 0 fully saturated rings. The number of nitrogen functional groups attached to an aromatic ring is 1. The van der Waals surface area contributed by atoms with E-state index in [1.165, 1.54) is 0 Å². The zero-order valence-electron chi connectivity index (χ0n) is 13.5. The molecule has 4 heterocycles. The summed E-state index contributed by atoms with van der Waals surface area (Å²) < 4.78 is 3.62. The van der Waals surface area contributed by atoms with Gasteiger partial charge in [0.15, 0.2) is 17.3 Å². The van der Waals surface area contributed by atoms with E-state index in [1.807, 2.05) is 30.0 Å². The van der Waals surface area contributed by atoms with Crippen LogP contribution in [0.2, 0.25) is 0 Å². The maximum absolute atomic E-state index is 5.54. The second-order valence-corrected chi connectivity index (χ2v) is 5.42. The third kappa shape index (κ3) is 2.97. The number of rotatable bonds is 5. The quantitative estimate of drug-likeness (QED) is 0.361. The normalized spacial score (nSPS) is 11.0. The van der Waals surface area contributed by atoms with Gasteiger partial charge in [0, 0.05) is 37.4 Å². The van der Waals surface area contributed by atoms with Crippen LogP contribution in [0.3, 0.4) is 0 Å². The van der Waals surface area contributed by atoms with Gasteiger partial charge in [-0.3, -0.25) is 9.67 Å². The predicted octanol–water partition coefficient (Wildman–Crippen LogP) is 0.817. The van der Waals surface area contributed by atoms with E-state index in [-0.39, 0.29) is 0 Å². The molecule has 0 amide bonds. The molecule has 126 valence electrons. The lowest BCUT2D eigenvalue weighted by Crippen LogP contribution is -2.14. The number of hydrogen-bond acceptors (Lipinski definition) is 8. The van der Waals surface area contributed by atoms with E-state index in [9.17, 15) is 0 Å². The van der Waals surface area contributed by atoms with Crippen molar-refractivity contribution < 1.29 is 0 Å². The Hall–Kier alpha value is -3.53. The number of aromatic nitrogens is 7. The Kier molecular flexibility index (Phi) is 3.71. The summed E-state index contributed by atoms with van der Waals surface area (Å²) in [5.41, 5.74) is 5.76. The Labute approximate surface area is 142 Å². The van der Waals surface area contributed by atoms with Gasteiger partial charge in [-0.25, -0.2) is 20.8 Å². The number of aryl methyl sites for hydroxylation is 1. The topological polar surface area (TPSA) is 124 Å². The average Bonchev–Trinajstić information content (AvgIpc) is 3.28. The Morgan fingerprint density at radius 3 is 2.80 bits per heavy atom. The molecule has 0 atom stereocenters. The number of hydrogen-bond donors (Lipinski definition) is 3. The van der Waals surface area contributed by atoms with Crippen LogP contribution in [0.25, 0.3) is 16.9 Å². The lowest BCUT2D eigenvalue weighted by Gasteiger charge is -2.11. The summed E-state index contributed by atoms with van der Waals surface area (Å²) in [4.78, 5) is 17.4. The average molecular weight is 336 g/mol. The maximum atomic E-state index is 5.54. The summed E-state index contributed by atoms with van der Waals surface area (Å²) in [6.45, 7) is 0.466. The van der Waals surface area contributed by atoms with Gasteiger partial charge in [0.25, 0.3) is 0 Å². The van der Waals surface area contributed by atoms with Crippen molar-refractivity contribution >= 4 is 17.3 Å². The van der Waals surface area contributed by atoms with Crippen LogP contribution in [-0.2, 0) is 13.6 Å². The van der Waals surface area contributed by atoms with Crippen molar-refractivity contribution in [2.75, 3.05) is 10.7 Å². The standard InChI is InChI=1S/C15H16N10/c1-24-8-10(4-21-24)12-6-20-15(23-16)14(22-12)19-5-11-9-25-3-2-17-13(25)7-18-11/h2-4,6-9H,5,16H2,1H3,(H,19,22)(H,20,23). The Morgan fingerprint density at radius 2 is 2.00 bits per heavy atom. The van der Waals surface area contributed by atoms with Crippen LogP contribution in [0.4, 0.5) is 11.6 Å². The molecule has 4 aromatic heterocycles. The molecule has 0 spiro atoms. The van der Waals surface area contributed by atoms with Gasteiger partial charge in [-0.15, -0.1) is 0 Å². The van der Waals surface area contributed by atoms with Crippen molar-refractivity contribution in [2.45, 2.75) is 6.54 Å². The molecule has 4 N–H and O–H groups in total. The highest BCUT2D eigenvalue weighted by atomic mass is 15.3. The zero-order valence-corrected chi connectivity index (χ0v) is 13.5. The minimum absolute atomic E-state index is 0.455. The molecule has 4 rings (SSSR count). The molecule has 4 aromatic rings. The van der Waals surface area contributed by atoms with Crippen molar-refractivity contribution in [1.29, 1.82) is 0 Å². The number of nitrogens with two attached hydrogens (primary N) is 1. The molecule has 0 saturated heterocycles. The van der Waals surface area contributed by atoms with Crippen molar-refractivity contribution in [3.63, 3.8) is 0 Å². The van der Waals surface area contributed by atoms with Gasteiger partial charge in [0.1, 0.15) is 0 Å². The van der Waals surface area contributed by atoms with E-state index in [4.69, 9.17) is 5.84 Å². The Bertz CT molecular complexity index is 1020. The highest BCUT2D eigenvalue weighted by molar-refractivity contribution is 5.65. The monoisotopic (exact) mass is 336 g/mol. The number of nitrogens with zero attached hydrogens (tertiary/aromatic N) is 7. The fraction of sp³-hybridized carbons (Fsp3) is 0.133. The van der Waals surface area contributed by atoms with Crippen molar-refractivity contribution in [3.05, 3.63) is 49.1 Å². The second kappa shape index (κ2) is 6.17. The van der Waals surface area contributed by atoms with Crippen LogP contribution in [0.15, 0.2) is 43.4 Å². The largest absolute Gasteiger partial charge is 0.361 e. The first-order valence-electron chi connectivity index (χ1n) is 7.57. The van der Waals surface area contributed by atoms with E-state index in [1.54, 1.807) is 29.5 Å². The Morgan fingerprint density at radius 1 is 1.08 bits per heavy atom. The summed E-state index contributed by atoms with van der Waals surface area (Å²) >= 11 is 0. The van der Waals surface area contributed by atoms with Crippen LogP contribution in [-0.4, -0.2) is 34.1 Å². The molecular weight excluding hydrogens is 320 g/mol. The van der Waals surface area contributed by atoms with E-state index >= 15 is 0 Å². The lowest BCUT2D eigenvalue weighted by atomic mass is 10.3. The Balaban J connectivity index is 1.59. The molecule has 0 aromatic carbocycles. The summed E-state index contributed by atoms with van der Waals surface area (Å²) in [5.74, 6) is 6.53. The zero-order chi connectivity index (χ0) is 17.2. The van der Waals surface area contributed by atoms with Gasteiger partial charge in [-0.2, -0.15) is 5.10 Å². The summed E-state index contributed by atoms with van der Waals surface area (Å²) in [5, 5.41) is 7.37. The van der Waals surface area contributed by atoms with Gasteiger partial charge in [-0.1, -0.05) is 0 Å². The number of anilines is 2. The molecule has 25 heavy (non-hydrogen) atoms. The summed E-state index contributed by atoms with van der Waals surface area (Å²) in [7, 11) is 1.85. The molecule has 0 radical (unpaired) electrons. The first-order valence-corrected chi connectivity index (χ1v) is 7.57. The fourth-order valence-corrected chi connectivity index (χ4v) is 2.44. The van der Waals surface area contributed by atoms with Crippen LogP contribution in [0.1, 0.15) is 5.69 Å². The van der Waals surface area contributed by atoms with Crippen LogP contribution in [0, 0.1) is 0 Å². The summed E-state index contributed by atoms with van der Waals surface area (Å²) in [6, 6.07) is 0. The molecular formula is C15H16N10. The molecule has 0 aliphatic carbocycles. The number of fused-ring (bicyclic) bond motifs is 1. The van der Waals surface area contributed by atoms with Gasteiger partial charge in [0.2, 0.25) is 0 Å². The maximum Gasteiger partial charge on any atom is 0.183 e. The number of hydrazine groups is 1. The lowest BCUT2D eigenvalue weighted by molar-refractivity contribution is 0.768. The van der Waals surface area contributed by atoms with E-state index in [0.717, 1.165) is 16.9 Å². The number of imidazole rings is 1. The van der Waals surface area contributed by atoms with Crippen molar-refractivity contribution in [1.82, 2.24) is 34.1 Å². The van der Waals surface area contributed by atoms with Gasteiger partial charge < -0.3 is 15.1 Å². The number of nitrogens with one attached hydrogen (secondary N) is 2. The van der Waals surface area contributed by atoms with Gasteiger partial charge in [-0.05, 0) is 0 Å². The van der Waals surface area contributed by atoms with E-state index < -0.39 is 0 Å². The minimum atomic E-state index is 0.455. The fourth-order valence-electron chi connectivity index (χ4n) is 2.44. The molecule has 0 aliphatic rings.